The Kier molecular flexibility index (Phi) is 8.81. The summed E-state index contributed by atoms with van der Waals surface area (Å²) < 4.78 is 27.2. The van der Waals surface area contributed by atoms with Gasteiger partial charge in [-0.1, -0.05) is 30.3 Å². The van der Waals surface area contributed by atoms with E-state index in [4.69, 9.17) is 4.99 Å². The summed E-state index contributed by atoms with van der Waals surface area (Å²) in [6.07, 6.45) is 5.33. The normalized spacial score (nSPS) is 16.2. The lowest BCUT2D eigenvalue weighted by atomic mass is 10.1. The van der Waals surface area contributed by atoms with Crippen molar-refractivity contribution in [3.05, 3.63) is 60.4 Å². The molecule has 0 radical (unpaired) electrons. The molecule has 31 heavy (non-hydrogen) atoms. The lowest BCUT2D eigenvalue weighted by Crippen LogP contribution is -2.42. The van der Waals surface area contributed by atoms with Crippen LogP contribution in [0.15, 0.2) is 64.7 Å². The van der Waals surface area contributed by atoms with Gasteiger partial charge in [0.25, 0.3) is 0 Å². The highest BCUT2D eigenvalue weighted by atomic mass is 32.2. The Morgan fingerprint density at radius 1 is 1.10 bits per heavy atom. The zero-order valence-corrected chi connectivity index (χ0v) is 18.8. The van der Waals surface area contributed by atoms with Gasteiger partial charge in [-0.15, -0.1) is 0 Å². The van der Waals surface area contributed by atoms with E-state index in [2.05, 4.69) is 49.5 Å². The Morgan fingerprint density at radius 2 is 1.87 bits per heavy atom. The van der Waals surface area contributed by atoms with Crippen molar-refractivity contribution in [1.29, 1.82) is 0 Å². The fourth-order valence-corrected chi connectivity index (χ4v) is 4.63. The van der Waals surface area contributed by atoms with Crippen molar-refractivity contribution in [2.75, 3.05) is 39.3 Å². The maximum Gasteiger partial charge on any atom is 0.242 e. The number of hydrogen-bond donors (Lipinski definition) is 3. The lowest BCUT2D eigenvalue weighted by Gasteiger charge is -2.27. The first-order valence-corrected chi connectivity index (χ1v) is 12.3. The summed E-state index contributed by atoms with van der Waals surface area (Å²) in [4.78, 5) is 11.3. The molecule has 1 aliphatic rings. The summed E-state index contributed by atoms with van der Waals surface area (Å²) >= 11 is 0. The summed E-state index contributed by atoms with van der Waals surface area (Å²) in [6.45, 7) is 6.23. The molecule has 0 spiro atoms. The monoisotopic (exact) mass is 444 g/mol. The number of likely N-dealkylation sites (tertiary alicyclic amines) is 1. The molecule has 0 amide bonds. The van der Waals surface area contributed by atoms with Crippen LogP contribution in [-0.2, 0) is 10.0 Å². The molecule has 1 saturated heterocycles. The first kappa shape index (κ1) is 23.2. The highest BCUT2D eigenvalue weighted by molar-refractivity contribution is 7.89. The zero-order valence-electron chi connectivity index (χ0n) is 18.0. The van der Waals surface area contributed by atoms with Gasteiger partial charge in [0, 0.05) is 32.0 Å². The fourth-order valence-electron chi connectivity index (χ4n) is 3.64. The second kappa shape index (κ2) is 11.8. The summed E-state index contributed by atoms with van der Waals surface area (Å²) in [5, 5.41) is 6.46. The quantitative estimate of drug-likeness (QED) is 0.293. The third kappa shape index (κ3) is 7.02. The maximum atomic E-state index is 12.3. The number of rotatable bonds is 10. The fraction of sp³-hybridized carbons (Fsp3) is 0.455. The number of aliphatic imine (C=N–C) groups is 1. The molecule has 8 nitrogen and oxygen atoms in total. The Labute approximate surface area is 185 Å². The van der Waals surface area contributed by atoms with E-state index in [-0.39, 0.29) is 17.5 Å². The van der Waals surface area contributed by atoms with Crippen LogP contribution >= 0.6 is 0 Å². The van der Waals surface area contributed by atoms with E-state index in [1.807, 2.05) is 13.0 Å². The molecule has 2 heterocycles. The van der Waals surface area contributed by atoms with Gasteiger partial charge in [0.1, 0.15) is 4.90 Å². The van der Waals surface area contributed by atoms with Gasteiger partial charge >= 0.3 is 0 Å². The molecule has 3 rings (SSSR count). The standard InChI is InChI=1S/C22H32N6O2S/c1-2-24-22(25-13-14-27-31(29,30)20-11-8-12-23-17-20)26-18-21(28-15-6-7-16-28)19-9-4-3-5-10-19/h3-5,8-12,17,21,27H,2,6-7,13-16,18H2,1H3,(H2,24,25,26). The minimum atomic E-state index is -3.56. The van der Waals surface area contributed by atoms with Crippen molar-refractivity contribution in [1.82, 2.24) is 25.2 Å². The van der Waals surface area contributed by atoms with Crippen LogP contribution in [0, 0.1) is 0 Å². The van der Waals surface area contributed by atoms with E-state index < -0.39 is 10.0 Å². The Bertz CT molecular complexity index is 916. The summed E-state index contributed by atoms with van der Waals surface area (Å²) in [5.74, 6) is 0.684. The molecule has 0 bridgehead atoms. The van der Waals surface area contributed by atoms with Crippen molar-refractivity contribution in [2.45, 2.75) is 30.7 Å². The molecule has 3 N–H and O–H groups in total. The molecule has 1 fully saturated rings. The molecule has 1 aliphatic heterocycles. The molecule has 9 heteroatoms. The van der Waals surface area contributed by atoms with Crippen LogP contribution in [0.1, 0.15) is 31.4 Å². The van der Waals surface area contributed by atoms with E-state index in [0.29, 0.717) is 19.0 Å². The molecular formula is C22H32N6O2S. The Hall–Kier alpha value is -2.49. The maximum absolute atomic E-state index is 12.3. The smallest absolute Gasteiger partial charge is 0.242 e. The van der Waals surface area contributed by atoms with Crippen LogP contribution in [0.4, 0.5) is 0 Å². The van der Waals surface area contributed by atoms with Gasteiger partial charge in [-0.25, -0.2) is 13.1 Å². The number of nitrogens with one attached hydrogen (secondary N) is 3. The lowest BCUT2D eigenvalue weighted by molar-refractivity contribution is 0.251. The first-order chi connectivity index (χ1) is 15.1. The number of sulfonamides is 1. The number of pyridine rings is 1. The average Bonchev–Trinajstić information content (AvgIpc) is 3.33. The number of hydrogen-bond acceptors (Lipinski definition) is 5. The minimum absolute atomic E-state index is 0.159. The zero-order chi connectivity index (χ0) is 21.9. The Morgan fingerprint density at radius 3 is 2.55 bits per heavy atom. The minimum Gasteiger partial charge on any atom is -0.357 e. The summed E-state index contributed by atoms with van der Waals surface area (Å²) in [5.41, 5.74) is 1.27. The van der Waals surface area contributed by atoms with Gasteiger partial charge in [0.05, 0.1) is 12.6 Å². The predicted molar refractivity (Wildman–Crippen MR) is 123 cm³/mol. The predicted octanol–water partition coefficient (Wildman–Crippen LogP) is 1.75. The third-order valence-corrected chi connectivity index (χ3v) is 6.63. The molecular weight excluding hydrogens is 412 g/mol. The van der Waals surface area contributed by atoms with Crippen LogP contribution in [0.2, 0.25) is 0 Å². The van der Waals surface area contributed by atoms with E-state index in [0.717, 1.165) is 19.6 Å². The number of aromatic nitrogens is 1. The topological polar surface area (TPSA) is 98.7 Å². The number of benzene rings is 1. The molecule has 1 atom stereocenters. The third-order valence-electron chi connectivity index (χ3n) is 5.19. The number of nitrogens with zero attached hydrogens (tertiary/aromatic N) is 3. The first-order valence-electron chi connectivity index (χ1n) is 10.8. The Balaban J connectivity index is 1.57. The van der Waals surface area contributed by atoms with Gasteiger partial charge in [0.2, 0.25) is 10.0 Å². The summed E-state index contributed by atoms with van der Waals surface area (Å²) in [6, 6.07) is 13.9. The van der Waals surface area contributed by atoms with E-state index >= 15 is 0 Å². The van der Waals surface area contributed by atoms with Gasteiger partial charge in [-0.3, -0.25) is 14.9 Å². The van der Waals surface area contributed by atoms with Crippen LogP contribution < -0.4 is 15.4 Å². The van der Waals surface area contributed by atoms with E-state index in [1.54, 1.807) is 12.3 Å². The molecule has 168 valence electrons. The van der Waals surface area contributed by atoms with Crippen molar-refractivity contribution in [2.24, 2.45) is 4.99 Å². The van der Waals surface area contributed by atoms with Gasteiger partial charge in [0.15, 0.2) is 5.96 Å². The van der Waals surface area contributed by atoms with Gasteiger partial charge < -0.3 is 10.6 Å². The van der Waals surface area contributed by atoms with Crippen molar-refractivity contribution >= 4 is 16.0 Å². The number of guanidine groups is 1. The molecule has 1 aromatic heterocycles. The van der Waals surface area contributed by atoms with Crippen LogP contribution in [0.5, 0.6) is 0 Å². The van der Waals surface area contributed by atoms with Gasteiger partial charge in [-0.2, -0.15) is 0 Å². The van der Waals surface area contributed by atoms with Crippen LogP contribution in [0.3, 0.4) is 0 Å². The van der Waals surface area contributed by atoms with Crippen molar-refractivity contribution in [3.8, 4) is 0 Å². The van der Waals surface area contributed by atoms with Crippen LogP contribution in [-0.4, -0.2) is 63.5 Å². The van der Waals surface area contributed by atoms with Crippen molar-refractivity contribution in [3.63, 3.8) is 0 Å². The summed E-state index contributed by atoms with van der Waals surface area (Å²) in [7, 11) is -3.56. The molecule has 1 unspecified atom stereocenters. The van der Waals surface area contributed by atoms with Crippen molar-refractivity contribution < 1.29 is 8.42 Å². The largest absolute Gasteiger partial charge is 0.357 e. The highest BCUT2D eigenvalue weighted by Gasteiger charge is 2.23. The second-order valence-electron chi connectivity index (χ2n) is 7.40. The average molecular weight is 445 g/mol. The molecule has 0 aliphatic carbocycles. The second-order valence-corrected chi connectivity index (χ2v) is 9.17. The van der Waals surface area contributed by atoms with E-state index in [1.165, 1.54) is 30.7 Å². The SMILES string of the molecule is CCNC(=NCC(c1ccccc1)N1CCCC1)NCCNS(=O)(=O)c1cccnc1. The van der Waals surface area contributed by atoms with Gasteiger partial charge in [-0.05, 0) is 50.6 Å². The molecule has 2 aromatic rings. The highest BCUT2D eigenvalue weighted by Crippen LogP contribution is 2.25. The van der Waals surface area contributed by atoms with E-state index in [9.17, 15) is 8.42 Å². The molecule has 1 aromatic carbocycles. The molecule has 0 saturated carbocycles. The van der Waals surface area contributed by atoms with Crippen LogP contribution in [0.25, 0.3) is 0 Å².